The third-order valence-corrected chi connectivity index (χ3v) is 5.73. The molecular weight excluding hydrogens is 244 g/mol. The molecular formula is C18H36N2. The molecule has 0 radical (unpaired) electrons. The highest BCUT2D eigenvalue weighted by Crippen LogP contribution is 2.44. The molecule has 1 spiro atoms. The summed E-state index contributed by atoms with van der Waals surface area (Å²) >= 11 is 0. The predicted octanol–water partition coefficient (Wildman–Crippen LogP) is 4.06. The molecule has 0 aromatic heterocycles. The van der Waals surface area contributed by atoms with Gasteiger partial charge in [-0.05, 0) is 70.0 Å². The Bertz CT molecular complexity index is 259. The SMILES string of the molecule is CC(C)CCNCC(C)N1CCC2(CCCCC2)CC1. The van der Waals surface area contributed by atoms with E-state index in [0.29, 0.717) is 6.04 Å². The van der Waals surface area contributed by atoms with Crippen LogP contribution in [0.25, 0.3) is 0 Å². The average molecular weight is 280 g/mol. The maximum Gasteiger partial charge on any atom is 0.0192 e. The van der Waals surface area contributed by atoms with Crippen molar-refractivity contribution in [1.29, 1.82) is 0 Å². The number of hydrogen-bond donors (Lipinski definition) is 1. The topological polar surface area (TPSA) is 15.3 Å². The van der Waals surface area contributed by atoms with E-state index in [9.17, 15) is 0 Å². The van der Waals surface area contributed by atoms with Crippen molar-refractivity contribution in [2.75, 3.05) is 26.2 Å². The van der Waals surface area contributed by atoms with Gasteiger partial charge in [0.2, 0.25) is 0 Å². The summed E-state index contributed by atoms with van der Waals surface area (Å²) in [5, 5.41) is 3.64. The fraction of sp³-hybridized carbons (Fsp3) is 1.00. The first-order valence-corrected chi connectivity index (χ1v) is 9.06. The first-order valence-electron chi connectivity index (χ1n) is 9.06. The quantitative estimate of drug-likeness (QED) is 0.738. The van der Waals surface area contributed by atoms with Gasteiger partial charge in [0.1, 0.15) is 0 Å². The van der Waals surface area contributed by atoms with Crippen molar-refractivity contribution in [2.45, 2.75) is 78.2 Å². The number of likely N-dealkylation sites (tertiary alicyclic amines) is 1. The molecule has 0 aromatic rings. The van der Waals surface area contributed by atoms with E-state index in [-0.39, 0.29) is 0 Å². The van der Waals surface area contributed by atoms with Gasteiger partial charge in [0, 0.05) is 12.6 Å². The van der Waals surface area contributed by atoms with Gasteiger partial charge in [-0.15, -0.1) is 0 Å². The highest BCUT2D eigenvalue weighted by Gasteiger charge is 2.36. The summed E-state index contributed by atoms with van der Waals surface area (Å²) < 4.78 is 0. The van der Waals surface area contributed by atoms with Gasteiger partial charge in [0.15, 0.2) is 0 Å². The first-order chi connectivity index (χ1) is 9.61. The third-order valence-electron chi connectivity index (χ3n) is 5.73. The van der Waals surface area contributed by atoms with Crippen LogP contribution in [0.2, 0.25) is 0 Å². The van der Waals surface area contributed by atoms with Gasteiger partial charge in [-0.2, -0.15) is 0 Å². The predicted molar refractivity (Wildman–Crippen MR) is 88.1 cm³/mol. The van der Waals surface area contributed by atoms with E-state index < -0.39 is 0 Å². The van der Waals surface area contributed by atoms with Gasteiger partial charge in [-0.1, -0.05) is 33.1 Å². The normalized spacial score (nSPS) is 25.2. The highest BCUT2D eigenvalue weighted by atomic mass is 15.2. The molecule has 1 heterocycles. The molecule has 2 heteroatoms. The third kappa shape index (κ3) is 4.73. The molecule has 0 amide bonds. The molecule has 0 bridgehead atoms. The molecule has 2 fully saturated rings. The Morgan fingerprint density at radius 1 is 0.950 bits per heavy atom. The second kappa shape index (κ2) is 7.79. The summed E-state index contributed by atoms with van der Waals surface area (Å²) in [5.41, 5.74) is 0.750. The van der Waals surface area contributed by atoms with E-state index in [1.807, 2.05) is 0 Å². The van der Waals surface area contributed by atoms with E-state index >= 15 is 0 Å². The number of hydrogen-bond acceptors (Lipinski definition) is 2. The lowest BCUT2D eigenvalue weighted by Gasteiger charge is -2.46. The van der Waals surface area contributed by atoms with E-state index in [4.69, 9.17) is 0 Å². The van der Waals surface area contributed by atoms with Crippen molar-refractivity contribution < 1.29 is 0 Å². The van der Waals surface area contributed by atoms with Crippen LogP contribution in [-0.4, -0.2) is 37.1 Å². The molecule has 0 aromatic carbocycles. The number of nitrogens with zero attached hydrogens (tertiary/aromatic N) is 1. The Kier molecular flexibility index (Phi) is 6.35. The Morgan fingerprint density at radius 3 is 2.20 bits per heavy atom. The van der Waals surface area contributed by atoms with Gasteiger partial charge >= 0.3 is 0 Å². The molecule has 2 nitrogen and oxygen atoms in total. The lowest BCUT2D eigenvalue weighted by molar-refractivity contribution is 0.0490. The maximum atomic E-state index is 3.64. The standard InChI is InChI=1S/C18H36N2/c1-16(2)7-12-19-15-17(3)20-13-10-18(11-14-20)8-5-4-6-9-18/h16-17,19H,4-15H2,1-3H3. The average Bonchev–Trinajstić information content (AvgIpc) is 2.45. The van der Waals surface area contributed by atoms with Crippen LogP contribution in [-0.2, 0) is 0 Å². The molecule has 1 saturated heterocycles. The van der Waals surface area contributed by atoms with Crippen LogP contribution >= 0.6 is 0 Å². The Morgan fingerprint density at radius 2 is 1.60 bits per heavy atom. The van der Waals surface area contributed by atoms with Crippen LogP contribution in [0.3, 0.4) is 0 Å². The van der Waals surface area contributed by atoms with Crippen LogP contribution in [0.15, 0.2) is 0 Å². The lowest BCUT2D eigenvalue weighted by Crippen LogP contribution is -2.48. The summed E-state index contributed by atoms with van der Waals surface area (Å²) in [6, 6.07) is 0.711. The van der Waals surface area contributed by atoms with Gasteiger partial charge in [0.25, 0.3) is 0 Å². The zero-order valence-corrected chi connectivity index (χ0v) is 14.1. The summed E-state index contributed by atoms with van der Waals surface area (Å²) in [5.74, 6) is 0.818. The highest BCUT2D eigenvalue weighted by molar-refractivity contribution is 4.89. The number of nitrogens with one attached hydrogen (secondary N) is 1. The first kappa shape index (κ1) is 16.3. The van der Waals surface area contributed by atoms with Crippen LogP contribution in [0.1, 0.15) is 72.1 Å². The molecule has 2 aliphatic rings. The van der Waals surface area contributed by atoms with E-state index in [0.717, 1.165) is 11.3 Å². The molecule has 1 aliphatic heterocycles. The second-order valence-corrected chi connectivity index (χ2v) is 7.83. The zero-order chi connectivity index (χ0) is 14.4. The van der Waals surface area contributed by atoms with Crippen molar-refractivity contribution in [3.05, 3.63) is 0 Å². The Balaban J connectivity index is 1.65. The molecule has 118 valence electrons. The van der Waals surface area contributed by atoms with Gasteiger partial charge in [-0.25, -0.2) is 0 Å². The summed E-state index contributed by atoms with van der Waals surface area (Å²) in [4.78, 5) is 2.72. The van der Waals surface area contributed by atoms with E-state index in [1.165, 1.54) is 77.5 Å². The van der Waals surface area contributed by atoms with Crippen LogP contribution in [0, 0.1) is 11.3 Å². The van der Waals surface area contributed by atoms with E-state index in [1.54, 1.807) is 0 Å². The smallest absolute Gasteiger partial charge is 0.0192 e. The molecule has 1 N–H and O–H groups in total. The zero-order valence-electron chi connectivity index (χ0n) is 14.1. The monoisotopic (exact) mass is 280 g/mol. The lowest BCUT2D eigenvalue weighted by atomic mass is 9.68. The van der Waals surface area contributed by atoms with Crippen molar-refractivity contribution >= 4 is 0 Å². The van der Waals surface area contributed by atoms with Gasteiger partial charge in [-0.3, -0.25) is 4.90 Å². The van der Waals surface area contributed by atoms with Crippen molar-refractivity contribution in [1.82, 2.24) is 10.2 Å². The molecule has 20 heavy (non-hydrogen) atoms. The second-order valence-electron chi connectivity index (χ2n) is 7.83. The molecule has 1 atom stereocenters. The molecule has 1 unspecified atom stereocenters. The summed E-state index contributed by atoms with van der Waals surface area (Å²) in [7, 11) is 0. The molecule has 1 saturated carbocycles. The van der Waals surface area contributed by atoms with Crippen LogP contribution in [0.5, 0.6) is 0 Å². The minimum absolute atomic E-state index is 0.711. The van der Waals surface area contributed by atoms with Crippen molar-refractivity contribution in [3.63, 3.8) is 0 Å². The fourth-order valence-corrected chi connectivity index (χ4v) is 4.07. The Hall–Kier alpha value is -0.0800. The largest absolute Gasteiger partial charge is 0.315 e. The van der Waals surface area contributed by atoms with Gasteiger partial charge in [0.05, 0.1) is 0 Å². The van der Waals surface area contributed by atoms with Crippen LogP contribution in [0.4, 0.5) is 0 Å². The summed E-state index contributed by atoms with van der Waals surface area (Å²) in [6.07, 6.45) is 11.7. The van der Waals surface area contributed by atoms with Gasteiger partial charge < -0.3 is 5.32 Å². The number of piperidine rings is 1. The fourth-order valence-electron chi connectivity index (χ4n) is 4.07. The van der Waals surface area contributed by atoms with Crippen molar-refractivity contribution in [3.8, 4) is 0 Å². The number of rotatable bonds is 6. The maximum absolute atomic E-state index is 3.64. The molecule has 2 rings (SSSR count). The molecule has 1 aliphatic carbocycles. The van der Waals surface area contributed by atoms with E-state index in [2.05, 4.69) is 31.0 Å². The Labute approximate surface area is 126 Å². The summed E-state index contributed by atoms with van der Waals surface area (Å²) in [6.45, 7) is 12.0. The minimum Gasteiger partial charge on any atom is -0.315 e. The van der Waals surface area contributed by atoms with Crippen LogP contribution < -0.4 is 5.32 Å². The van der Waals surface area contributed by atoms with Crippen molar-refractivity contribution in [2.24, 2.45) is 11.3 Å². The minimum atomic E-state index is 0.711.